The van der Waals surface area contributed by atoms with E-state index < -0.39 is 16.4 Å². The second kappa shape index (κ2) is 6.19. The molecule has 0 aliphatic carbocycles. The molecule has 0 atom stereocenters. The smallest absolute Gasteiger partial charge is 0.285 e. The van der Waals surface area contributed by atoms with Gasteiger partial charge in [0.2, 0.25) is 5.91 Å². The highest BCUT2D eigenvalue weighted by Crippen LogP contribution is 2.13. The average molecular weight is 308 g/mol. The van der Waals surface area contributed by atoms with Gasteiger partial charge in [0, 0.05) is 22.8 Å². The first kappa shape index (κ1) is 14.7. The molecule has 108 valence electrons. The van der Waals surface area contributed by atoms with E-state index in [4.69, 9.17) is 11.6 Å². The van der Waals surface area contributed by atoms with E-state index in [0.717, 1.165) is 22.9 Å². The van der Waals surface area contributed by atoms with Gasteiger partial charge in [0.05, 0.1) is 11.1 Å². The molecule has 1 amide bonds. The zero-order valence-corrected chi connectivity index (χ0v) is 11.4. The number of pyridine rings is 1. The number of halogens is 1. The zero-order chi connectivity index (χ0) is 15.4. The Kier molecular flexibility index (Phi) is 4.34. The van der Waals surface area contributed by atoms with Gasteiger partial charge in [-0.25, -0.2) is 0 Å². The van der Waals surface area contributed by atoms with Gasteiger partial charge in [0.1, 0.15) is 6.54 Å². The van der Waals surface area contributed by atoms with Gasteiger partial charge in [-0.15, -0.1) is 0 Å². The number of amides is 1. The number of anilines is 1. The third-order valence-corrected chi connectivity index (χ3v) is 2.87. The summed E-state index contributed by atoms with van der Waals surface area (Å²) in [6, 6.07) is 8.57. The number of rotatable bonds is 4. The summed E-state index contributed by atoms with van der Waals surface area (Å²) in [4.78, 5) is 33.4. The predicted octanol–water partition coefficient (Wildman–Crippen LogP) is 2.05. The van der Waals surface area contributed by atoms with Crippen molar-refractivity contribution >= 4 is 28.9 Å². The molecule has 0 spiro atoms. The van der Waals surface area contributed by atoms with E-state index in [1.54, 1.807) is 24.3 Å². The van der Waals surface area contributed by atoms with Crippen molar-refractivity contribution in [3.63, 3.8) is 0 Å². The van der Waals surface area contributed by atoms with Crippen LogP contribution in [0.5, 0.6) is 0 Å². The van der Waals surface area contributed by atoms with E-state index in [0.29, 0.717) is 10.7 Å². The van der Waals surface area contributed by atoms with Crippen LogP contribution in [0, 0.1) is 10.1 Å². The van der Waals surface area contributed by atoms with Crippen LogP contribution in [0.1, 0.15) is 0 Å². The molecule has 0 aliphatic rings. The molecule has 2 aromatic rings. The third-order valence-electron chi connectivity index (χ3n) is 2.62. The molecule has 1 heterocycles. The standard InChI is InChI=1S/C13H10ClN3O4/c14-9-1-3-10(4-2-9)15-12(18)8-16-7-11(17(20)21)5-6-13(16)19/h1-7H,8H2,(H,15,18). The van der Waals surface area contributed by atoms with Crippen LogP contribution < -0.4 is 10.9 Å². The molecule has 0 unspecified atom stereocenters. The Morgan fingerprint density at radius 2 is 1.90 bits per heavy atom. The van der Waals surface area contributed by atoms with Gasteiger partial charge < -0.3 is 5.32 Å². The minimum absolute atomic E-state index is 0.256. The lowest BCUT2D eigenvalue weighted by Crippen LogP contribution is -2.26. The van der Waals surface area contributed by atoms with Crippen LogP contribution in [0.4, 0.5) is 11.4 Å². The van der Waals surface area contributed by atoms with Crippen LogP contribution in [-0.2, 0) is 11.3 Å². The van der Waals surface area contributed by atoms with Crippen LogP contribution in [0.3, 0.4) is 0 Å². The Bertz CT molecular complexity index is 740. The Hall–Kier alpha value is -2.67. The first-order valence-electron chi connectivity index (χ1n) is 5.86. The summed E-state index contributed by atoms with van der Waals surface area (Å²) < 4.78 is 0.976. The molecule has 21 heavy (non-hydrogen) atoms. The van der Waals surface area contributed by atoms with Gasteiger partial charge in [-0.2, -0.15) is 0 Å². The van der Waals surface area contributed by atoms with E-state index in [-0.39, 0.29) is 12.2 Å². The average Bonchev–Trinajstić information content (AvgIpc) is 2.43. The van der Waals surface area contributed by atoms with Crippen LogP contribution >= 0.6 is 11.6 Å². The summed E-state index contributed by atoms with van der Waals surface area (Å²) in [7, 11) is 0. The minimum Gasteiger partial charge on any atom is -0.325 e. The number of nitro groups is 1. The van der Waals surface area contributed by atoms with Crippen molar-refractivity contribution < 1.29 is 9.72 Å². The predicted molar refractivity (Wildman–Crippen MR) is 77.4 cm³/mol. The normalized spacial score (nSPS) is 10.1. The van der Waals surface area contributed by atoms with E-state index in [1.165, 1.54) is 0 Å². The van der Waals surface area contributed by atoms with Gasteiger partial charge in [-0.05, 0) is 24.3 Å². The molecule has 2 rings (SSSR count). The Labute approximate surface area is 123 Å². The highest BCUT2D eigenvalue weighted by molar-refractivity contribution is 6.30. The number of nitrogens with zero attached hydrogens (tertiary/aromatic N) is 2. The summed E-state index contributed by atoms with van der Waals surface area (Å²) in [5.74, 6) is -0.472. The molecule has 1 aromatic carbocycles. The molecule has 0 aliphatic heterocycles. The van der Waals surface area contributed by atoms with Crippen LogP contribution in [0.2, 0.25) is 5.02 Å². The Morgan fingerprint density at radius 3 is 2.52 bits per heavy atom. The molecule has 8 heteroatoms. The molecule has 0 bridgehead atoms. The minimum atomic E-state index is -0.632. The van der Waals surface area contributed by atoms with Crippen molar-refractivity contribution in [3.8, 4) is 0 Å². The maximum absolute atomic E-state index is 11.8. The topological polar surface area (TPSA) is 94.2 Å². The maximum Gasteiger partial charge on any atom is 0.285 e. The summed E-state index contributed by atoms with van der Waals surface area (Å²) >= 11 is 5.72. The number of aromatic nitrogens is 1. The molecule has 7 nitrogen and oxygen atoms in total. The van der Waals surface area contributed by atoms with Crippen molar-refractivity contribution in [1.82, 2.24) is 4.57 Å². The van der Waals surface area contributed by atoms with Gasteiger partial charge in [-0.1, -0.05) is 11.6 Å². The van der Waals surface area contributed by atoms with Crippen LogP contribution in [0.25, 0.3) is 0 Å². The highest BCUT2D eigenvalue weighted by atomic mass is 35.5. The van der Waals surface area contributed by atoms with Crippen molar-refractivity contribution in [2.75, 3.05) is 5.32 Å². The molecule has 0 saturated heterocycles. The summed E-state index contributed by atoms with van der Waals surface area (Å²) in [5, 5.41) is 13.7. The van der Waals surface area contributed by atoms with Crippen LogP contribution in [-0.4, -0.2) is 15.4 Å². The Balaban J connectivity index is 2.12. The van der Waals surface area contributed by atoms with Crippen molar-refractivity contribution in [2.24, 2.45) is 0 Å². The maximum atomic E-state index is 11.8. The first-order valence-corrected chi connectivity index (χ1v) is 6.24. The van der Waals surface area contributed by atoms with Gasteiger partial charge in [0.25, 0.3) is 11.2 Å². The molecular formula is C13H10ClN3O4. The molecule has 1 N–H and O–H groups in total. The summed E-state index contributed by atoms with van der Waals surface area (Å²) in [6.07, 6.45) is 1.03. The lowest BCUT2D eigenvalue weighted by atomic mass is 10.3. The van der Waals surface area contributed by atoms with Gasteiger partial charge >= 0.3 is 0 Å². The van der Waals surface area contributed by atoms with Crippen molar-refractivity contribution in [1.29, 1.82) is 0 Å². The molecule has 0 radical (unpaired) electrons. The molecule has 0 saturated carbocycles. The summed E-state index contributed by atoms with van der Waals surface area (Å²) in [6.45, 7) is -0.316. The lowest BCUT2D eigenvalue weighted by Gasteiger charge is -2.07. The van der Waals surface area contributed by atoms with Gasteiger partial charge in [-0.3, -0.25) is 24.3 Å². The quantitative estimate of drug-likeness (QED) is 0.691. The number of hydrogen-bond donors (Lipinski definition) is 1. The number of hydrogen-bond acceptors (Lipinski definition) is 4. The van der Waals surface area contributed by atoms with Crippen molar-refractivity contribution in [2.45, 2.75) is 6.54 Å². The molecular weight excluding hydrogens is 298 g/mol. The van der Waals surface area contributed by atoms with Crippen molar-refractivity contribution in [3.05, 3.63) is 68.1 Å². The lowest BCUT2D eigenvalue weighted by molar-refractivity contribution is -0.385. The molecule has 0 fully saturated rings. The van der Waals surface area contributed by atoms with E-state index in [2.05, 4.69) is 5.32 Å². The fourth-order valence-corrected chi connectivity index (χ4v) is 1.76. The largest absolute Gasteiger partial charge is 0.325 e. The number of nitrogens with one attached hydrogen (secondary N) is 1. The van der Waals surface area contributed by atoms with E-state index >= 15 is 0 Å². The monoisotopic (exact) mass is 307 g/mol. The third kappa shape index (κ3) is 3.90. The Morgan fingerprint density at radius 1 is 1.24 bits per heavy atom. The second-order valence-electron chi connectivity index (χ2n) is 4.17. The second-order valence-corrected chi connectivity index (χ2v) is 4.60. The van der Waals surface area contributed by atoms with Crippen LogP contribution in [0.15, 0.2) is 47.4 Å². The fraction of sp³-hybridized carbons (Fsp3) is 0.0769. The van der Waals surface area contributed by atoms with E-state index in [1.807, 2.05) is 0 Å². The number of benzene rings is 1. The first-order chi connectivity index (χ1) is 9.95. The summed E-state index contributed by atoms with van der Waals surface area (Å²) in [5.41, 5.74) is -0.233. The highest BCUT2D eigenvalue weighted by Gasteiger charge is 2.10. The zero-order valence-electron chi connectivity index (χ0n) is 10.7. The van der Waals surface area contributed by atoms with E-state index in [9.17, 15) is 19.7 Å². The number of carbonyl (C=O) groups is 1. The fourth-order valence-electron chi connectivity index (χ4n) is 1.64. The van der Waals surface area contributed by atoms with Gasteiger partial charge in [0.15, 0.2) is 0 Å². The SMILES string of the molecule is O=C(Cn1cc([N+](=O)[O-])ccc1=O)Nc1ccc(Cl)cc1. The number of carbonyl (C=O) groups excluding carboxylic acids is 1. The molecule has 1 aromatic heterocycles.